The highest BCUT2D eigenvalue weighted by Gasteiger charge is 2.70. The van der Waals surface area contributed by atoms with Gasteiger partial charge in [0.15, 0.2) is 0 Å². The summed E-state index contributed by atoms with van der Waals surface area (Å²) in [5.74, 6) is -3.68. The lowest BCUT2D eigenvalue weighted by Gasteiger charge is -2.31. The van der Waals surface area contributed by atoms with Crippen LogP contribution in [0.2, 0.25) is 0 Å². The Balaban J connectivity index is 1.48. The molecule has 0 radical (unpaired) electrons. The molecular weight excluding hydrogens is 352 g/mol. The molecule has 0 spiro atoms. The van der Waals surface area contributed by atoms with Crippen LogP contribution in [0.1, 0.15) is 31.4 Å². The van der Waals surface area contributed by atoms with Gasteiger partial charge in [-0.1, -0.05) is 29.8 Å². The average molecular weight is 374 g/mol. The number of ether oxygens (including phenoxy) is 3. The van der Waals surface area contributed by atoms with E-state index in [4.69, 9.17) is 14.2 Å². The second kappa shape index (κ2) is 5.97. The molecule has 0 amide bonds. The molecule has 1 saturated heterocycles. The molecule has 1 aliphatic heterocycles. The van der Waals surface area contributed by atoms with Crippen molar-refractivity contribution in [1.82, 2.24) is 0 Å². The summed E-state index contributed by atoms with van der Waals surface area (Å²) in [6.45, 7) is 5.48. The number of hydrogen-bond acceptors (Lipinski definition) is 6. The number of carbonyl (C=O) groups excluding carboxylic acids is 2. The van der Waals surface area contributed by atoms with E-state index in [1.54, 1.807) is 13.8 Å². The van der Waals surface area contributed by atoms with Crippen molar-refractivity contribution in [1.29, 1.82) is 0 Å². The minimum Gasteiger partial charge on any atom is -0.481 e. The van der Waals surface area contributed by atoms with E-state index in [2.05, 4.69) is 0 Å². The molecule has 1 N–H and O–H groups in total. The van der Waals surface area contributed by atoms with E-state index >= 15 is 0 Å². The van der Waals surface area contributed by atoms with Crippen LogP contribution in [0.5, 0.6) is 0 Å². The summed E-state index contributed by atoms with van der Waals surface area (Å²) < 4.78 is 16.3. The molecule has 4 rings (SSSR count). The first-order valence-corrected chi connectivity index (χ1v) is 9.09. The lowest BCUT2D eigenvalue weighted by molar-refractivity contribution is -0.151. The van der Waals surface area contributed by atoms with Crippen molar-refractivity contribution in [2.24, 2.45) is 23.7 Å². The van der Waals surface area contributed by atoms with Gasteiger partial charge in [0, 0.05) is 11.8 Å². The van der Waals surface area contributed by atoms with E-state index in [9.17, 15) is 19.5 Å². The minimum absolute atomic E-state index is 0.202. The Kier molecular flexibility index (Phi) is 3.94. The van der Waals surface area contributed by atoms with Gasteiger partial charge in [-0.15, -0.1) is 0 Å². The Hall–Kier alpha value is -2.57. The van der Waals surface area contributed by atoms with Crippen molar-refractivity contribution in [2.75, 3.05) is 0 Å². The van der Waals surface area contributed by atoms with Crippen LogP contribution in [0, 0.1) is 30.6 Å². The van der Waals surface area contributed by atoms with Crippen LogP contribution in [-0.4, -0.2) is 35.4 Å². The van der Waals surface area contributed by atoms with Crippen LogP contribution in [-0.2, 0) is 29.4 Å². The van der Waals surface area contributed by atoms with E-state index < -0.39 is 53.7 Å². The number of carboxylic acid groups (broad SMARTS) is 1. The number of benzene rings is 1. The van der Waals surface area contributed by atoms with Crippen LogP contribution < -0.4 is 0 Å². The fourth-order valence-corrected chi connectivity index (χ4v) is 4.84. The summed E-state index contributed by atoms with van der Waals surface area (Å²) in [4.78, 5) is 36.1. The molecule has 2 saturated carbocycles. The first-order valence-electron chi connectivity index (χ1n) is 9.09. The molecule has 1 aromatic carbocycles. The largest absolute Gasteiger partial charge is 0.509 e. The lowest BCUT2D eigenvalue weighted by Crippen LogP contribution is -2.43. The second-order valence-electron chi connectivity index (χ2n) is 8.17. The van der Waals surface area contributed by atoms with Gasteiger partial charge in [-0.3, -0.25) is 9.59 Å². The summed E-state index contributed by atoms with van der Waals surface area (Å²) in [6, 6.07) is 7.61. The number of esters is 1. The third-order valence-corrected chi connectivity index (χ3v) is 6.15. The molecule has 6 atom stereocenters. The third kappa shape index (κ3) is 2.76. The van der Waals surface area contributed by atoms with Gasteiger partial charge in [0.25, 0.3) is 0 Å². The number of carbonyl (C=O) groups is 3. The van der Waals surface area contributed by atoms with Gasteiger partial charge in [0.2, 0.25) is 0 Å². The van der Waals surface area contributed by atoms with Crippen LogP contribution in [0.25, 0.3) is 0 Å². The van der Waals surface area contributed by atoms with Crippen LogP contribution in [0.3, 0.4) is 0 Å². The van der Waals surface area contributed by atoms with E-state index in [1.807, 2.05) is 31.2 Å². The Morgan fingerprint density at radius 3 is 2.48 bits per heavy atom. The Morgan fingerprint density at radius 1 is 1.19 bits per heavy atom. The van der Waals surface area contributed by atoms with Crippen molar-refractivity contribution in [2.45, 2.75) is 45.0 Å². The highest BCUT2D eigenvalue weighted by atomic mass is 16.7. The van der Waals surface area contributed by atoms with Crippen LogP contribution in [0.4, 0.5) is 4.79 Å². The van der Waals surface area contributed by atoms with Crippen molar-refractivity contribution < 1.29 is 33.7 Å². The first-order chi connectivity index (χ1) is 12.7. The fraction of sp³-hybridized carbons (Fsp3) is 0.550. The van der Waals surface area contributed by atoms with Gasteiger partial charge in [0.05, 0.1) is 11.8 Å². The van der Waals surface area contributed by atoms with E-state index in [-0.39, 0.29) is 5.92 Å². The fourth-order valence-electron chi connectivity index (χ4n) is 4.84. The van der Waals surface area contributed by atoms with E-state index in [0.717, 1.165) is 11.1 Å². The normalized spacial score (nSPS) is 33.7. The van der Waals surface area contributed by atoms with E-state index in [0.29, 0.717) is 6.42 Å². The highest BCUT2D eigenvalue weighted by molar-refractivity contribution is 5.85. The summed E-state index contributed by atoms with van der Waals surface area (Å²) in [5, 5.41) is 9.50. The topological polar surface area (TPSA) is 99.1 Å². The smallest absolute Gasteiger partial charge is 0.481 e. The standard InChI is InChI=1S/C20H22O7/c1-9-4-6-10(7-5-9)20(2,3)27-19(24)26-16-11-8-12-14(13(11)17(21)22)18(23)25-15(12)16/h4-7,11-16H,8H2,1-3H3,(H,21,22). The predicted molar refractivity (Wildman–Crippen MR) is 91.7 cm³/mol. The lowest BCUT2D eigenvalue weighted by atomic mass is 9.78. The Bertz CT molecular complexity index is 797. The molecule has 1 aromatic rings. The molecule has 144 valence electrons. The highest BCUT2D eigenvalue weighted by Crippen LogP contribution is 2.58. The minimum atomic E-state index is -1.05. The maximum absolute atomic E-state index is 12.4. The number of fused-ring (bicyclic) bond motifs is 1. The molecule has 1 heterocycles. The number of aryl methyl sites for hydroxylation is 1. The van der Waals surface area contributed by atoms with Gasteiger partial charge in [-0.25, -0.2) is 4.79 Å². The van der Waals surface area contributed by atoms with Crippen LogP contribution in [0.15, 0.2) is 24.3 Å². The molecule has 7 heteroatoms. The van der Waals surface area contributed by atoms with Crippen molar-refractivity contribution in [3.8, 4) is 0 Å². The van der Waals surface area contributed by atoms with Gasteiger partial charge in [-0.05, 0) is 32.8 Å². The summed E-state index contributed by atoms with van der Waals surface area (Å²) in [6.07, 6.45) is -1.72. The summed E-state index contributed by atoms with van der Waals surface area (Å²) >= 11 is 0. The molecule has 2 bridgehead atoms. The van der Waals surface area contributed by atoms with Gasteiger partial charge in [-0.2, -0.15) is 0 Å². The zero-order chi connectivity index (χ0) is 19.5. The van der Waals surface area contributed by atoms with Crippen molar-refractivity contribution >= 4 is 18.1 Å². The molecule has 3 aliphatic rings. The van der Waals surface area contributed by atoms with Crippen molar-refractivity contribution in [3.63, 3.8) is 0 Å². The first kappa shape index (κ1) is 17.8. The Labute approximate surface area is 156 Å². The monoisotopic (exact) mass is 374 g/mol. The zero-order valence-corrected chi connectivity index (χ0v) is 15.4. The number of rotatable bonds is 4. The zero-order valence-electron chi connectivity index (χ0n) is 15.4. The molecule has 3 fully saturated rings. The Morgan fingerprint density at radius 2 is 1.85 bits per heavy atom. The van der Waals surface area contributed by atoms with Crippen LogP contribution >= 0.6 is 0 Å². The number of carboxylic acids is 1. The molecule has 27 heavy (non-hydrogen) atoms. The predicted octanol–water partition coefficient (Wildman–Crippen LogP) is 2.64. The summed E-state index contributed by atoms with van der Waals surface area (Å²) in [5.41, 5.74) is 0.994. The second-order valence-corrected chi connectivity index (χ2v) is 8.17. The molecule has 2 aliphatic carbocycles. The SMILES string of the molecule is Cc1ccc(C(C)(C)OC(=O)OC2C3CC4C2OC(=O)C4C3C(=O)O)cc1. The number of aliphatic carboxylic acids is 1. The van der Waals surface area contributed by atoms with Gasteiger partial charge < -0.3 is 19.3 Å². The number of hydrogen-bond donors (Lipinski definition) is 1. The van der Waals surface area contributed by atoms with E-state index in [1.165, 1.54) is 0 Å². The molecule has 7 nitrogen and oxygen atoms in total. The maximum Gasteiger partial charge on any atom is 0.509 e. The molecular formula is C20H22O7. The van der Waals surface area contributed by atoms with Gasteiger partial charge >= 0.3 is 18.1 Å². The van der Waals surface area contributed by atoms with Crippen molar-refractivity contribution in [3.05, 3.63) is 35.4 Å². The summed E-state index contributed by atoms with van der Waals surface area (Å²) in [7, 11) is 0. The third-order valence-electron chi connectivity index (χ3n) is 6.15. The molecule has 0 aromatic heterocycles. The average Bonchev–Trinajstić information content (AvgIpc) is 3.18. The molecule has 6 unspecified atom stereocenters. The maximum atomic E-state index is 12.4. The van der Waals surface area contributed by atoms with Gasteiger partial charge in [0.1, 0.15) is 17.8 Å². The quantitative estimate of drug-likeness (QED) is 0.809.